The molecule has 1 atom stereocenters. The van der Waals surface area contributed by atoms with Crippen molar-refractivity contribution in [2.24, 2.45) is 11.8 Å². The number of amides is 1. The lowest BCUT2D eigenvalue weighted by Gasteiger charge is -2.27. The lowest BCUT2D eigenvalue weighted by atomic mass is 9.84. The molecule has 1 saturated heterocycles. The van der Waals surface area contributed by atoms with Crippen molar-refractivity contribution in [2.45, 2.75) is 32.7 Å². The fraction of sp³-hybridized carbons (Fsp3) is 0.611. The van der Waals surface area contributed by atoms with Gasteiger partial charge in [-0.1, -0.05) is 13.0 Å². The van der Waals surface area contributed by atoms with E-state index in [1.165, 1.54) is 12.8 Å². The van der Waals surface area contributed by atoms with Crippen LogP contribution in [0.2, 0.25) is 0 Å². The Morgan fingerprint density at radius 1 is 1.26 bits per heavy atom. The summed E-state index contributed by atoms with van der Waals surface area (Å²) >= 11 is 0. The molecular weight excluding hydrogens is 292 g/mol. The average Bonchev–Trinajstić information content (AvgIpc) is 2.60. The Balaban J connectivity index is 1.46. The molecule has 0 aromatic heterocycles. The minimum atomic E-state index is 0.130. The van der Waals surface area contributed by atoms with Gasteiger partial charge in [-0.05, 0) is 55.5 Å². The highest BCUT2D eigenvalue weighted by atomic mass is 16.6. The molecule has 3 rings (SSSR count). The Kier molecular flexibility index (Phi) is 5.39. The molecule has 1 aromatic carbocycles. The van der Waals surface area contributed by atoms with E-state index in [0.717, 1.165) is 30.2 Å². The van der Waals surface area contributed by atoms with Gasteiger partial charge < -0.3 is 20.1 Å². The van der Waals surface area contributed by atoms with E-state index >= 15 is 0 Å². The molecule has 0 aliphatic carbocycles. The first kappa shape index (κ1) is 16.1. The van der Waals surface area contributed by atoms with Crippen LogP contribution in [0.3, 0.4) is 0 Å². The third-order valence-corrected chi connectivity index (χ3v) is 4.79. The van der Waals surface area contributed by atoms with Crippen molar-refractivity contribution < 1.29 is 14.3 Å². The van der Waals surface area contributed by atoms with Crippen molar-refractivity contribution in [2.75, 3.05) is 26.3 Å². The molecule has 0 bridgehead atoms. The molecule has 126 valence electrons. The molecule has 2 aliphatic rings. The van der Waals surface area contributed by atoms with Crippen molar-refractivity contribution in [3.8, 4) is 11.5 Å². The first-order valence-electron chi connectivity index (χ1n) is 8.58. The number of carbonyl (C=O) groups is 1. The van der Waals surface area contributed by atoms with Crippen molar-refractivity contribution in [1.82, 2.24) is 10.6 Å². The van der Waals surface area contributed by atoms with Crippen LogP contribution in [0.4, 0.5) is 0 Å². The summed E-state index contributed by atoms with van der Waals surface area (Å²) in [7, 11) is 0. The molecular formula is C18H26N2O3. The summed E-state index contributed by atoms with van der Waals surface area (Å²) in [4.78, 5) is 12.2. The fourth-order valence-corrected chi connectivity index (χ4v) is 3.34. The summed E-state index contributed by atoms with van der Waals surface area (Å²) in [6.45, 7) is 6.06. The second-order valence-corrected chi connectivity index (χ2v) is 6.52. The van der Waals surface area contributed by atoms with Crippen LogP contribution in [-0.4, -0.2) is 32.2 Å². The van der Waals surface area contributed by atoms with Crippen LogP contribution in [0.5, 0.6) is 11.5 Å². The first-order valence-corrected chi connectivity index (χ1v) is 8.58. The van der Waals surface area contributed by atoms with Crippen LogP contribution in [0.15, 0.2) is 18.2 Å². The minimum Gasteiger partial charge on any atom is -0.486 e. The summed E-state index contributed by atoms with van der Waals surface area (Å²) in [5.41, 5.74) is 1.04. The fourth-order valence-electron chi connectivity index (χ4n) is 3.34. The normalized spacial score (nSPS) is 19.2. The molecule has 5 nitrogen and oxygen atoms in total. The number of ether oxygens (including phenoxy) is 2. The number of hydrogen-bond acceptors (Lipinski definition) is 4. The van der Waals surface area contributed by atoms with Crippen LogP contribution >= 0.6 is 0 Å². The Labute approximate surface area is 137 Å². The zero-order valence-corrected chi connectivity index (χ0v) is 13.8. The van der Waals surface area contributed by atoms with Gasteiger partial charge in [0.2, 0.25) is 5.91 Å². The van der Waals surface area contributed by atoms with Crippen LogP contribution in [0.25, 0.3) is 0 Å². The van der Waals surface area contributed by atoms with Gasteiger partial charge in [0.25, 0.3) is 0 Å². The third kappa shape index (κ3) is 4.38. The number of rotatable bonds is 5. The van der Waals surface area contributed by atoms with Crippen LogP contribution in [0, 0.1) is 11.8 Å². The maximum Gasteiger partial charge on any atom is 0.220 e. The molecule has 0 spiro atoms. The number of hydrogen-bond donors (Lipinski definition) is 2. The van der Waals surface area contributed by atoms with Crippen LogP contribution in [0.1, 0.15) is 31.7 Å². The van der Waals surface area contributed by atoms with Crippen LogP contribution < -0.4 is 20.1 Å². The van der Waals surface area contributed by atoms with E-state index in [2.05, 4.69) is 17.6 Å². The monoisotopic (exact) mass is 318 g/mol. The molecule has 2 N–H and O–H groups in total. The van der Waals surface area contributed by atoms with Gasteiger partial charge in [0, 0.05) is 13.0 Å². The van der Waals surface area contributed by atoms with E-state index in [1.54, 1.807) is 0 Å². The molecule has 2 heterocycles. The lowest BCUT2D eigenvalue weighted by molar-refractivity contribution is -0.122. The Morgan fingerprint density at radius 2 is 2.00 bits per heavy atom. The molecule has 1 amide bonds. The number of fused-ring (bicyclic) bond motifs is 1. The Hall–Kier alpha value is -1.75. The molecule has 1 unspecified atom stereocenters. The second-order valence-electron chi connectivity index (χ2n) is 6.52. The molecule has 0 radical (unpaired) electrons. The largest absolute Gasteiger partial charge is 0.486 e. The van der Waals surface area contributed by atoms with Gasteiger partial charge in [-0.25, -0.2) is 0 Å². The quantitative estimate of drug-likeness (QED) is 0.873. The van der Waals surface area contributed by atoms with Gasteiger partial charge in [0.15, 0.2) is 11.5 Å². The summed E-state index contributed by atoms with van der Waals surface area (Å²) in [6, 6.07) is 5.84. The summed E-state index contributed by atoms with van der Waals surface area (Å²) < 4.78 is 11.1. The van der Waals surface area contributed by atoms with Gasteiger partial charge in [-0.3, -0.25) is 4.79 Å². The molecule has 5 heteroatoms. The number of piperidine rings is 1. The molecule has 2 aliphatic heterocycles. The van der Waals surface area contributed by atoms with Gasteiger partial charge in [0.1, 0.15) is 13.2 Å². The topological polar surface area (TPSA) is 59.6 Å². The van der Waals surface area contributed by atoms with Gasteiger partial charge in [0.05, 0.1) is 0 Å². The summed E-state index contributed by atoms with van der Waals surface area (Å²) in [6.07, 6.45) is 2.96. The molecule has 1 fully saturated rings. The van der Waals surface area contributed by atoms with E-state index in [9.17, 15) is 4.79 Å². The SMILES string of the molecule is CC(CC(=O)NCc1ccc2c(c1)OCCO2)C1CCNCC1. The summed E-state index contributed by atoms with van der Waals surface area (Å²) in [5.74, 6) is 2.79. The number of benzene rings is 1. The number of nitrogens with one attached hydrogen (secondary N) is 2. The molecule has 0 saturated carbocycles. The third-order valence-electron chi connectivity index (χ3n) is 4.79. The predicted octanol–water partition coefficient (Wildman–Crippen LogP) is 2.10. The minimum absolute atomic E-state index is 0.130. The van der Waals surface area contributed by atoms with Gasteiger partial charge in [-0.15, -0.1) is 0 Å². The molecule has 1 aromatic rings. The van der Waals surface area contributed by atoms with Crippen molar-refractivity contribution in [3.63, 3.8) is 0 Å². The Morgan fingerprint density at radius 3 is 2.78 bits per heavy atom. The van der Waals surface area contributed by atoms with E-state index < -0.39 is 0 Å². The first-order chi connectivity index (χ1) is 11.2. The Bertz CT molecular complexity index is 541. The highest BCUT2D eigenvalue weighted by Gasteiger charge is 2.22. The van der Waals surface area contributed by atoms with E-state index in [-0.39, 0.29) is 5.91 Å². The number of carbonyl (C=O) groups excluding carboxylic acids is 1. The second kappa shape index (κ2) is 7.68. The van der Waals surface area contributed by atoms with Crippen LogP contribution in [-0.2, 0) is 11.3 Å². The van der Waals surface area contributed by atoms with Gasteiger partial charge in [-0.2, -0.15) is 0 Å². The maximum atomic E-state index is 12.2. The van der Waals surface area contributed by atoms with Crippen molar-refractivity contribution >= 4 is 5.91 Å². The van der Waals surface area contributed by atoms with E-state index in [4.69, 9.17) is 9.47 Å². The lowest BCUT2D eigenvalue weighted by Crippen LogP contribution is -2.33. The zero-order valence-electron chi connectivity index (χ0n) is 13.8. The van der Waals surface area contributed by atoms with Gasteiger partial charge >= 0.3 is 0 Å². The highest BCUT2D eigenvalue weighted by Crippen LogP contribution is 2.30. The maximum absolute atomic E-state index is 12.2. The summed E-state index contributed by atoms with van der Waals surface area (Å²) in [5, 5.41) is 6.40. The standard InChI is InChI=1S/C18H26N2O3/c1-13(15-4-6-19-7-5-15)10-18(21)20-12-14-2-3-16-17(11-14)23-9-8-22-16/h2-3,11,13,15,19H,4-10,12H2,1H3,(H,20,21). The van der Waals surface area contributed by atoms with E-state index in [1.807, 2.05) is 18.2 Å². The smallest absolute Gasteiger partial charge is 0.220 e. The van der Waals surface area contributed by atoms with E-state index in [0.29, 0.717) is 38.0 Å². The van der Waals surface area contributed by atoms with Crippen molar-refractivity contribution in [1.29, 1.82) is 0 Å². The zero-order chi connectivity index (χ0) is 16.1. The van der Waals surface area contributed by atoms with Crippen molar-refractivity contribution in [3.05, 3.63) is 23.8 Å². The average molecular weight is 318 g/mol. The predicted molar refractivity (Wildman–Crippen MR) is 88.7 cm³/mol. The highest BCUT2D eigenvalue weighted by molar-refractivity contribution is 5.76. The molecule has 23 heavy (non-hydrogen) atoms.